The van der Waals surface area contributed by atoms with Crippen molar-refractivity contribution in [1.82, 2.24) is 5.32 Å². The fourth-order valence-electron chi connectivity index (χ4n) is 4.39. The summed E-state index contributed by atoms with van der Waals surface area (Å²) in [5.74, 6) is 1.52. The van der Waals surface area contributed by atoms with Gasteiger partial charge in [-0.2, -0.15) is 0 Å². The lowest BCUT2D eigenvalue weighted by atomic mass is 9.64. The van der Waals surface area contributed by atoms with Crippen LogP contribution in [0.15, 0.2) is 24.3 Å². The van der Waals surface area contributed by atoms with Crippen molar-refractivity contribution < 1.29 is 0 Å². The maximum atomic E-state index is 3.84. The van der Waals surface area contributed by atoms with E-state index in [2.05, 4.69) is 50.4 Å². The molecule has 104 valence electrons. The lowest BCUT2D eigenvalue weighted by Gasteiger charge is -2.42. The average molecular weight is 257 g/mol. The third kappa shape index (κ3) is 2.45. The molecule has 1 N–H and O–H groups in total. The molecule has 19 heavy (non-hydrogen) atoms. The van der Waals surface area contributed by atoms with Gasteiger partial charge in [0, 0.05) is 12.6 Å². The molecule has 0 spiro atoms. The van der Waals surface area contributed by atoms with Gasteiger partial charge in [0.2, 0.25) is 0 Å². The predicted molar refractivity (Wildman–Crippen MR) is 81.2 cm³/mol. The van der Waals surface area contributed by atoms with Gasteiger partial charge >= 0.3 is 0 Å². The summed E-state index contributed by atoms with van der Waals surface area (Å²) in [4.78, 5) is 0. The highest BCUT2D eigenvalue weighted by Crippen LogP contribution is 2.48. The van der Waals surface area contributed by atoms with Gasteiger partial charge in [0.1, 0.15) is 0 Å². The van der Waals surface area contributed by atoms with Gasteiger partial charge in [-0.15, -0.1) is 0 Å². The monoisotopic (exact) mass is 257 g/mol. The molecule has 2 aliphatic rings. The zero-order chi connectivity index (χ0) is 13.5. The smallest absolute Gasteiger partial charge is 0.0211 e. The van der Waals surface area contributed by atoms with Crippen LogP contribution in [0.4, 0.5) is 0 Å². The fraction of sp³-hybridized carbons (Fsp3) is 0.667. The molecule has 3 atom stereocenters. The third-order valence-corrected chi connectivity index (χ3v) is 5.13. The Morgan fingerprint density at radius 2 is 1.79 bits per heavy atom. The van der Waals surface area contributed by atoms with Crippen molar-refractivity contribution in [1.29, 1.82) is 0 Å². The summed E-state index contributed by atoms with van der Waals surface area (Å²) >= 11 is 0. The number of nitrogens with one attached hydrogen (secondary N) is 1. The van der Waals surface area contributed by atoms with Crippen LogP contribution >= 0.6 is 0 Å². The highest BCUT2D eigenvalue weighted by Gasteiger charge is 2.41. The van der Waals surface area contributed by atoms with Crippen LogP contribution in [0.2, 0.25) is 0 Å². The topological polar surface area (TPSA) is 12.0 Å². The minimum atomic E-state index is 0.350. The third-order valence-electron chi connectivity index (χ3n) is 5.13. The average Bonchev–Trinajstić information content (AvgIpc) is 2.54. The molecule has 3 rings (SSSR count). The highest BCUT2D eigenvalue weighted by atomic mass is 14.9. The lowest BCUT2D eigenvalue weighted by molar-refractivity contribution is 0.157. The van der Waals surface area contributed by atoms with E-state index in [1.165, 1.54) is 31.2 Å². The molecule has 0 bridgehead atoms. The van der Waals surface area contributed by atoms with Crippen molar-refractivity contribution in [2.45, 2.75) is 65.0 Å². The van der Waals surface area contributed by atoms with Gasteiger partial charge in [-0.1, -0.05) is 57.9 Å². The second-order valence-electron chi connectivity index (χ2n) is 7.48. The molecule has 1 aliphatic carbocycles. The fourth-order valence-corrected chi connectivity index (χ4v) is 4.39. The molecule has 1 aromatic rings. The van der Waals surface area contributed by atoms with E-state index in [1.54, 1.807) is 5.56 Å². The summed E-state index contributed by atoms with van der Waals surface area (Å²) < 4.78 is 0. The van der Waals surface area contributed by atoms with Crippen LogP contribution in [0.25, 0.3) is 0 Å². The molecule has 0 radical (unpaired) electrons. The summed E-state index contributed by atoms with van der Waals surface area (Å²) in [6.07, 6.45) is 5.58. The van der Waals surface area contributed by atoms with E-state index in [9.17, 15) is 0 Å². The second-order valence-corrected chi connectivity index (χ2v) is 7.48. The van der Waals surface area contributed by atoms with E-state index in [-0.39, 0.29) is 0 Å². The summed E-state index contributed by atoms with van der Waals surface area (Å²) in [5.41, 5.74) is 3.48. The molecule has 1 saturated carbocycles. The first-order chi connectivity index (χ1) is 9.07. The summed E-state index contributed by atoms with van der Waals surface area (Å²) in [7, 11) is 0. The molecule has 0 amide bonds. The van der Waals surface area contributed by atoms with Gasteiger partial charge < -0.3 is 5.32 Å². The van der Waals surface area contributed by atoms with Crippen molar-refractivity contribution in [3.63, 3.8) is 0 Å². The van der Waals surface area contributed by atoms with E-state index < -0.39 is 0 Å². The zero-order valence-electron chi connectivity index (χ0n) is 12.6. The molecular weight excluding hydrogens is 230 g/mol. The molecule has 1 nitrogen and oxygen atoms in total. The van der Waals surface area contributed by atoms with Gasteiger partial charge in [-0.3, -0.25) is 0 Å². The Kier molecular flexibility index (Phi) is 3.42. The SMILES string of the molecule is CC(C)(C)C1c2ccccc2CNC2CCCCC21. The Morgan fingerprint density at radius 1 is 1.05 bits per heavy atom. The van der Waals surface area contributed by atoms with Crippen LogP contribution < -0.4 is 5.32 Å². The van der Waals surface area contributed by atoms with Crippen molar-refractivity contribution in [3.05, 3.63) is 35.4 Å². The number of benzene rings is 1. The maximum Gasteiger partial charge on any atom is 0.0211 e. The van der Waals surface area contributed by atoms with Crippen molar-refractivity contribution in [2.24, 2.45) is 11.3 Å². The van der Waals surface area contributed by atoms with E-state index in [4.69, 9.17) is 0 Å². The summed E-state index contributed by atoms with van der Waals surface area (Å²) in [6.45, 7) is 8.33. The van der Waals surface area contributed by atoms with Gasteiger partial charge in [-0.05, 0) is 41.2 Å². The first-order valence-corrected chi connectivity index (χ1v) is 7.88. The van der Waals surface area contributed by atoms with E-state index in [0.717, 1.165) is 18.5 Å². The Balaban J connectivity index is 2.07. The Hall–Kier alpha value is -0.820. The van der Waals surface area contributed by atoms with Gasteiger partial charge in [0.05, 0.1) is 0 Å². The molecule has 0 aromatic heterocycles. The van der Waals surface area contributed by atoms with Crippen LogP contribution in [-0.2, 0) is 6.54 Å². The van der Waals surface area contributed by atoms with Gasteiger partial charge in [0.25, 0.3) is 0 Å². The molecule has 1 fully saturated rings. The Bertz CT molecular complexity index is 443. The van der Waals surface area contributed by atoms with Crippen molar-refractivity contribution >= 4 is 0 Å². The maximum absolute atomic E-state index is 3.84. The van der Waals surface area contributed by atoms with Gasteiger partial charge in [0.15, 0.2) is 0 Å². The van der Waals surface area contributed by atoms with Crippen LogP contribution in [0.5, 0.6) is 0 Å². The minimum absolute atomic E-state index is 0.350. The standard InChI is InChI=1S/C18H27N/c1-18(2,3)17-14-9-5-4-8-13(14)12-19-16-11-7-6-10-15(16)17/h4-5,8-9,15-17,19H,6-7,10-12H2,1-3H3. The number of rotatable bonds is 0. The van der Waals surface area contributed by atoms with E-state index in [0.29, 0.717) is 11.3 Å². The van der Waals surface area contributed by atoms with E-state index >= 15 is 0 Å². The number of hydrogen-bond donors (Lipinski definition) is 1. The van der Waals surface area contributed by atoms with Crippen LogP contribution in [-0.4, -0.2) is 6.04 Å². The minimum Gasteiger partial charge on any atom is -0.310 e. The predicted octanol–water partition coefficient (Wildman–Crippen LogP) is 4.48. The quantitative estimate of drug-likeness (QED) is 0.722. The Labute approximate surface area is 117 Å². The molecule has 1 heteroatoms. The summed E-state index contributed by atoms with van der Waals surface area (Å²) in [6, 6.07) is 9.84. The van der Waals surface area contributed by atoms with Crippen molar-refractivity contribution in [3.8, 4) is 0 Å². The van der Waals surface area contributed by atoms with Crippen LogP contribution in [0.1, 0.15) is 63.5 Å². The molecule has 1 aliphatic heterocycles. The number of fused-ring (bicyclic) bond motifs is 2. The van der Waals surface area contributed by atoms with E-state index in [1.807, 2.05) is 0 Å². The normalized spacial score (nSPS) is 31.2. The molecule has 1 aromatic carbocycles. The largest absolute Gasteiger partial charge is 0.310 e. The Morgan fingerprint density at radius 3 is 2.58 bits per heavy atom. The zero-order valence-corrected chi connectivity index (χ0v) is 12.6. The molecule has 3 unspecified atom stereocenters. The van der Waals surface area contributed by atoms with Crippen LogP contribution in [0, 0.1) is 11.3 Å². The summed E-state index contributed by atoms with van der Waals surface area (Å²) in [5, 5.41) is 3.84. The molecule has 1 heterocycles. The van der Waals surface area contributed by atoms with Gasteiger partial charge in [-0.25, -0.2) is 0 Å². The lowest BCUT2D eigenvalue weighted by Crippen LogP contribution is -2.41. The molecule has 0 saturated heterocycles. The number of hydrogen-bond acceptors (Lipinski definition) is 1. The highest BCUT2D eigenvalue weighted by molar-refractivity contribution is 5.34. The van der Waals surface area contributed by atoms with Crippen LogP contribution in [0.3, 0.4) is 0 Å². The molecular formula is C18H27N. The van der Waals surface area contributed by atoms with Crippen molar-refractivity contribution in [2.75, 3.05) is 0 Å². The second kappa shape index (κ2) is 4.94. The first kappa shape index (κ1) is 13.2. The first-order valence-electron chi connectivity index (χ1n) is 7.88.